The van der Waals surface area contributed by atoms with E-state index in [9.17, 15) is 0 Å². The van der Waals surface area contributed by atoms with Crippen LogP contribution in [0.1, 0.15) is 23.8 Å². The molecular formula is C20H26N8OS. The van der Waals surface area contributed by atoms with E-state index in [0.29, 0.717) is 18.3 Å². The van der Waals surface area contributed by atoms with Gasteiger partial charge >= 0.3 is 0 Å². The number of nitrogen functional groups attached to an aromatic ring is 1. The first kappa shape index (κ1) is 20.7. The lowest BCUT2D eigenvalue weighted by Gasteiger charge is -2.26. The summed E-state index contributed by atoms with van der Waals surface area (Å²) in [6, 6.07) is 8.09. The molecule has 2 aromatic heterocycles. The van der Waals surface area contributed by atoms with E-state index < -0.39 is 0 Å². The average molecular weight is 427 g/mol. The van der Waals surface area contributed by atoms with Gasteiger partial charge in [-0.3, -0.25) is 4.90 Å². The van der Waals surface area contributed by atoms with Crippen molar-refractivity contribution in [2.45, 2.75) is 23.7 Å². The highest BCUT2D eigenvalue weighted by molar-refractivity contribution is 7.99. The van der Waals surface area contributed by atoms with Gasteiger partial charge in [0.05, 0.1) is 30.5 Å². The highest BCUT2D eigenvalue weighted by atomic mass is 32.2. The van der Waals surface area contributed by atoms with E-state index in [-0.39, 0.29) is 11.2 Å². The quantitative estimate of drug-likeness (QED) is 0.465. The number of nitrogens with zero attached hydrogens (tertiary/aromatic N) is 7. The van der Waals surface area contributed by atoms with Gasteiger partial charge in [0, 0.05) is 32.6 Å². The van der Waals surface area contributed by atoms with Crippen molar-refractivity contribution in [2.75, 3.05) is 51.0 Å². The molecule has 0 bridgehead atoms. The number of anilines is 2. The van der Waals surface area contributed by atoms with Crippen molar-refractivity contribution in [1.29, 1.82) is 0 Å². The van der Waals surface area contributed by atoms with Crippen molar-refractivity contribution in [3.05, 3.63) is 35.9 Å². The molecule has 0 saturated carbocycles. The second kappa shape index (κ2) is 9.07. The summed E-state index contributed by atoms with van der Waals surface area (Å²) in [6.45, 7) is 6.05. The fourth-order valence-electron chi connectivity index (χ4n) is 3.21. The first-order chi connectivity index (χ1) is 14.5. The molecule has 1 aliphatic rings. The summed E-state index contributed by atoms with van der Waals surface area (Å²) in [7, 11) is 3.76. The third-order valence-electron chi connectivity index (χ3n) is 4.79. The number of thioether (sulfide) groups is 1. The number of para-hydroxylation sites is 1. The van der Waals surface area contributed by atoms with Crippen molar-refractivity contribution in [2.24, 2.45) is 0 Å². The minimum absolute atomic E-state index is 0.0523. The van der Waals surface area contributed by atoms with Gasteiger partial charge in [-0.05, 0) is 13.0 Å². The Balaban J connectivity index is 1.64. The second-order valence-electron chi connectivity index (χ2n) is 7.36. The topological polar surface area (TPSA) is 106 Å². The van der Waals surface area contributed by atoms with Crippen LogP contribution in [0.15, 0.2) is 29.3 Å². The molecule has 2 N–H and O–H groups in total. The second-order valence-corrected chi connectivity index (χ2v) is 8.69. The fraction of sp³-hybridized carbons (Fsp3) is 0.450. The summed E-state index contributed by atoms with van der Waals surface area (Å²) < 4.78 is 5.45. The first-order valence-electron chi connectivity index (χ1n) is 9.91. The standard InChI is InChI=1S/C20H26N8OS/c1-13(17-24-19(21)26-20(25-17)27(2)3)30-18-14-6-4-5-7-15(14)22-16(23-18)12-28-8-10-29-11-9-28/h4-7,13H,8-12H2,1-3H3,(H2,21,24,25,26). The molecule has 0 amide bonds. The van der Waals surface area contributed by atoms with E-state index in [2.05, 4.69) is 32.8 Å². The van der Waals surface area contributed by atoms with Crippen LogP contribution in [-0.4, -0.2) is 70.2 Å². The number of hydrogen-bond acceptors (Lipinski definition) is 10. The summed E-state index contributed by atoms with van der Waals surface area (Å²) >= 11 is 1.61. The molecule has 1 fully saturated rings. The van der Waals surface area contributed by atoms with Crippen LogP contribution >= 0.6 is 11.8 Å². The van der Waals surface area contributed by atoms with Crippen molar-refractivity contribution >= 4 is 34.6 Å². The van der Waals surface area contributed by atoms with Gasteiger partial charge in [-0.15, -0.1) is 0 Å². The third-order valence-corrected chi connectivity index (χ3v) is 5.89. The Morgan fingerprint density at radius 1 is 1.10 bits per heavy atom. The zero-order valence-corrected chi connectivity index (χ0v) is 18.3. The maximum atomic E-state index is 5.91. The lowest BCUT2D eigenvalue weighted by atomic mass is 10.2. The van der Waals surface area contributed by atoms with E-state index in [1.54, 1.807) is 11.8 Å². The molecule has 1 atom stereocenters. The highest BCUT2D eigenvalue weighted by Gasteiger charge is 2.19. The maximum absolute atomic E-state index is 5.91. The molecule has 4 rings (SSSR count). The van der Waals surface area contributed by atoms with E-state index in [0.717, 1.165) is 48.1 Å². The summed E-state index contributed by atoms with van der Waals surface area (Å²) in [5, 5.41) is 1.89. The van der Waals surface area contributed by atoms with Gasteiger partial charge in [0.15, 0.2) is 0 Å². The maximum Gasteiger partial charge on any atom is 0.229 e. The zero-order chi connectivity index (χ0) is 21.1. The SMILES string of the molecule is CC(Sc1nc(CN2CCOCC2)nc2ccccc12)c1nc(N)nc(N(C)C)n1. The fourth-order valence-corrected chi connectivity index (χ4v) is 4.22. The van der Waals surface area contributed by atoms with Crippen LogP contribution in [0.5, 0.6) is 0 Å². The Hall–Kier alpha value is -2.56. The van der Waals surface area contributed by atoms with Gasteiger partial charge in [-0.25, -0.2) is 9.97 Å². The molecule has 1 aliphatic heterocycles. The Kier molecular flexibility index (Phi) is 6.26. The molecule has 1 aromatic carbocycles. The predicted octanol–water partition coefficient (Wildman–Crippen LogP) is 2.15. The molecular weight excluding hydrogens is 400 g/mol. The highest BCUT2D eigenvalue weighted by Crippen LogP contribution is 2.36. The van der Waals surface area contributed by atoms with Gasteiger partial charge in [-0.1, -0.05) is 30.0 Å². The Bertz CT molecular complexity index is 1020. The molecule has 1 unspecified atom stereocenters. The van der Waals surface area contributed by atoms with Crippen LogP contribution < -0.4 is 10.6 Å². The Morgan fingerprint density at radius 2 is 1.87 bits per heavy atom. The number of benzene rings is 1. The van der Waals surface area contributed by atoms with Crippen molar-refractivity contribution in [3.8, 4) is 0 Å². The molecule has 3 heterocycles. The van der Waals surface area contributed by atoms with Gasteiger partial charge in [-0.2, -0.15) is 15.0 Å². The number of aromatic nitrogens is 5. The van der Waals surface area contributed by atoms with Crippen LogP contribution in [0, 0.1) is 0 Å². The van der Waals surface area contributed by atoms with Crippen molar-refractivity contribution in [1.82, 2.24) is 29.8 Å². The lowest BCUT2D eigenvalue weighted by Crippen LogP contribution is -2.36. The Morgan fingerprint density at radius 3 is 2.63 bits per heavy atom. The predicted molar refractivity (Wildman–Crippen MR) is 118 cm³/mol. The minimum atomic E-state index is -0.0523. The number of fused-ring (bicyclic) bond motifs is 1. The van der Waals surface area contributed by atoms with Crippen LogP contribution in [-0.2, 0) is 11.3 Å². The number of rotatable bonds is 6. The molecule has 30 heavy (non-hydrogen) atoms. The molecule has 9 nitrogen and oxygen atoms in total. The average Bonchev–Trinajstić information content (AvgIpc) is 2.74. The number of ether oxygens (including phenoxy) is 1. The molecule has 0 aliphatic carbocycles. The van der Waals surface area contributed by atoms with E-state index in [1.807, 2.05) is 37.2 Å². The van der Waals surface area contributed by atoms with E-state index in [4.69, 9.17) is 20.4 Å². The third kappa shape index (κ3) is 4.77. The normalized spacial score (nSPS) is 16.0. The monoisotopic (exact) mass is 426 g/mol. The number of hydrogen-bond donors (Lipinski definition) is 1. The smallest absolute Gasteiger partial charge is 0.229 e. The van der Waals surface area contributed by atoms with Crippen LogP contribution in [0.3, 0.4) is 0 Å². The number of nitrogens with two attached hydrogens (primary N) is 1. The van der Waals surface area contributed by atoms with Crippen LogP contribution in [0.2, 0.25) is 0 Å². The minimum Gasteiger partial charge on any atom is -0.379 e. The van der Waals surface area contributed by atoms with Gasteiger partial charge < -0.3 is 15.4 Å². The zero-order valence-electron chi connectivity index (χ0n) is 17.4. The van der Waals surface area contributed by atoms with Crippen LogP contribution in [0.25, 0.3) is 10.9 Å². The molecule has 0 radical (unpaired) electrons. The lowest BCUT2D eigenvalue weighted by molar-refractivity contribution is 0.0330. The molecule has 1 saturated heterocycles. The van der Waals surface area contributed by atoms with Gasteiger partial charge in [0.1, 0.15) is 16.7 Å². The molecule has 158 valence electrons. The van der Waals surface area contributed by atoms with Crippen molar-refractivity contribution in [3.63, 3.8) is 0 Å². The van der Waals surface area contributed by atoms with Gasteiger partial charge in [0.25, 0.3) is 0 Å². The summed E-state index contributed by atoms with van der Waals surface area (Å²) in [4.78, 5) is 26.9. The van der Waals surface area contributed by atoms with Crippen molar-refractivity contribution < 1.29 is 4.74 Å². The van der Waals surface area contributed by atoms with Crippen LogP contribution in [0.4, 0.5) is 11.9 Å². The molecule has 0 spiro atoms. The van der Waals surface area contributed by atoms with Gasteiger partial charge in [0.2, 0.25) is 11.9 Å². The summed E-state index contributed by atoms with van der Waals surface area (Å²) in [6.07, 6.45) is 0. The summed E-state index contributed by atoms with van der Waals surface area (Å²) in [5.74, 6) is 2.21. The largest absolute Gasteiger partial charge is 0.379 e. The first-order valence-corrected chi connectivity index (χ1v) is 10.8. The van der Waals surface area contributed by atoms with E-state index >= 15 is 0 Å². The Labute approximate surface area is 180 Å². The molecule has 10 heteroatoms. The molecule has 3 aromatic rings. The summed E-state index contributed by atoms with van der Waals surface area (Å²) in [5.41, 5.74) is 6.85. The van der Waals surface area contributed by atoms with E-state index in [1.165, 1.54) is 0 Å². The number of morpholine rings is 1.